The van der Waals surface area contributed by atoms with E-state index < -0.39 is 24.1 Å². The molecule has 0 fully saturated rings. The second-order valence-corrected chi connectivity index (χ2v) is 4.14. The molecule has 0 radical (unpaired) electrons. The fourth-order valence-electron chi connectivity index (χ4n) is 1.49. The third kappa shape index (κ3) is 7.57. The highest BCUT2D eigenvalue weighted by molar-refractivity contribution is 5.81. The minimum Gasteiger partial charge on any atom is -0.481 e. The second kappa shape index (κ2) is 10.0. The maximum Gasteiger partial charge on any atom is 0.325 e. The minimum atomic E-state index is -1.01. The van der Waals surface area contributed by atoms with Crippen molar-refractivity contribution >= 4 is 18.0 Å². The van der Waals surface area contributed by atoms with Gasteiger partial charge in [0.15, 0.2) is 0 Å². The summed E-state index contributed by atoms with van der Waals surface area (Å²) in [4.78, 5) is 35.0. The molecule has 0 aromatic carbocycles. The summed E-state index contributed by atoms with van der Waals surface area (Å²) in [5.74, 6) is -1.52. The summed E-state index contributed by atoms with van der Waals surface area (Å²) in [5.41, 5.74) is 0. The Morgan fingerprint density at radius 1 is 1.30 bits per heavy atom. The lowest BCUT2D eigenvalue weighted by Gasteiger charge is -2.22. The average Bonchev–Trinajstić information content (AvgIpc) is 2.41. The first-order chi connectivity index (χ1) is 9.44. The standard InChI is InChI=1S/C12H22N2O6/c1-4-5-14(8-11(17)20-3)12(18)13-7-9(19-2)6-10(15)16/h9H,4-8H2,1-3H3,(H,13,18)(H,15,16). The molecule has 116 valence electrons. The van der Waals surface area contributed by atoms with Crippen LogP contribution in [-0.4, -0.2) is 67.9 Å². The predicted molar refractivity (Wildman–Crippen MR) is 70.3 cm³/mol. The van der Waals surface area contributed by atoms with Gasteiger partial charge in [-0.05, 0) is 6.42 Å². The van der Waals surface area contributed by atoms with Crippen LogP contribution in [0.15, 0.2) is 0 Å². The van der Waals surface area contributed by atoms with Gasteiger partial charge in [-0.15, -0.1) is 0 Å². The molecule has 0 rings (SSSR count). The Hall–Kier alpha value is -1.83. The number of urea groups is 1. The molecule has 0 bridgehead atoms. The van der Waals surface area contributed by atoms with Gasteiger partial charge in [-0.1, -0.05) is 6.92 Å². The molecule has 0 aromatic rings. The highest BCUT2D eigenvalue weighted by atomic mass is 16.5. The van der Waals surface area contributed by atoms with E-state index in [0.717, 1.165) is 0 Å². The molecule has 0 saturated carbocycles. The number of hydrogen-bond acceptors (Lipinski definition) is 5. The summed E-state index contributed by atoms with van der Waals surface area (Å²) in [6, 6.07) is -0.454. The van der Waals surface area contributed by atoms with Gasteiger partial charge in [-0.25, -0.2) is 4.79 Å². The molecule has 0 spiro atoms. The third-order valence-electron chi connectivity index (χ3n) is 2.54. The number of nitrogens with zero attached hydrogens (tertiary/aromatic N) is 1. The van der Waals surface area contributed by atoms with Crippen LogP contribution in [0.3, 0.4) is 0 Å². The van der Waals surface area contributed by atoms with E-state index in [1.54, 1.807) is 0 Å². The highest BCUT2D eigenvalue weighted by Crippen LogP contribution is 1.98. The molecule has 0 saturated heterocycles. The smallest absolute Gasteiger partial charge is 0.325 e. The largest absolute Gasteiger partial charge is 0.481 e. The molecule has 0 aliphatic carbocycles. The zero-order chi connectivity index (χ0) is 15.5. The van der Waals surface area contributed by atoms with E-state index in [0.29, 0.717) is 13.0 Å². The molecule has 8 heteroatoms. The zero-order valence-corrected chi connectivity index (χ0v) is 12.0. The van der Waals surface area contributed by atoms with Crippen LogP contribution < -0.4 is 5.32 Å². The Balaban J connectivity index is 4.36. The van der Waals surface area contributed by atoms with Crippen molar-refractivity contribution in [3.63, 3.8) is 0 Å². The quantitative estimate of drug-likeness (QED) is 0.582. The van der Waals surface area contributed by atoms with Gasteiger partial charge in [0.2, 0.25) is 0 Å². The van der Waals surface area contributed by atoms with E-state index in [-0.39, 0.29) is 19.5 Å². The van der Waals surface area contributed by atoms with Crippen LogP contribution in [0.4, 0.5) is 4.79 Å². The summed E-state index contributed by atoms with van der Waals surface area (Å²) in [6.07, 6.45) is -0.132. The molecule has 0 heterocycles. The van der Waals surface area contributed by atoms with Crippen molar-refractivity contribution in [3.8, 4) is 0 Å². The molecular formula is C12H22N2O6. The fraction of sp³-hybridized carbons (Fsp3) is 0.750. The van der Waals surface area contributed by atoms with Gasteiger partial charge < -0.3 is 24.8 Å². The van der Waals surface area contributed by atoms with Crippen LogP contribution in [-0.2, 0) is 19.1 Å². The molecule has 8 nitrogen and oxygen atoms in total. The van der Waals surface area contributed by atoms with E-state index in [1.807, 2.05) is 6.92 Å². The Morgan fingerprint density at radius 2 is 1.95 bits per heavy atom. The summed E-state index contributed by atoms with van der Waals surface area (Å²) < 4.78 is 9.46. The number of hydrogen-bond donors (Lipinski definition) is 2. The van der Waals surface area contributed by atoms with Gasteiger partial charge >= 0.3 is 18.0 Å². The van der Waals surface area contributed by atoms with Gasteiger partial charge in [0, 0.05) is 20.2 Å². The number of carbonyl (C=O) groups excluding carboxylic acids is 2. The van der Waals surface area contributed by atoms with Crippen LogP contribution in [0.5, 0.6) is 0 Å². The maximum absolute atomic E-state index is 11.9. The SMILES string of the molecule is CCCN(CC(=O)OC)C(=O)NCC(CC(=O)O)OC. The van der Waals surface area contributed by atoms with Crippen LogP contribution in [0.2, 0.25) is 0 Å². The van der Waals surface area contributed by atoms with Crippen molar-refractivity contribution in [2.24, 2.45) is 0 Å². The minimum absolute atomic E-state index is 0.0586. The lowest BCUT2D eigenvalue weighted by molar-refractivity contribution is -0.141. The van der Waals surface area contributed by atoms with Crippen LogP contribution >= 0.6 is 0 Å². The normalized spacial score (nSPS) is 11.6. The van der Waals surface area contributed by atoms with Gasteiger partial charge in [0.1, 0.15) is 6.54 Å². The number of methoxy groups -OCH3 is 2. The lowest BCUT2D eigenvalue weighted by Crippen LogP contribution is -2.46. The topological polar surface area (TPSA) is 105 Å². The van der Waals surface area contributed by atoms with Crippen molar-refractivity contribution in [2.75, 3.05) is 33.9 Å². The number of carbonyl (C=O) groups is 3. The zero-order valence-electron chi connectivity index (χ0n) is 12.0. The Labute approximate surface area is 118 Å². The van der Waals surface area contributed by atoms with Crippen molar-refractivity contribution in [2.45, 2.75) is 25.9 Å². The summed E-state index contributed by atoms with van der Waals surface area (Å²) in [7, 11) is 2.62. The molecule has 1 atom stereocenters. The van der Waals surface area contributed by atoms with Gasteiger partial charge in [0.25, 0.3) is 0 Å². The van der Waals surface area contributed by atoms with Crippen molar-refractivity contribution in [1.29, 1.82) is 0 Å². The lowest BCUT2D eigenvalue weighted by atomic mass is 10.2. The van der Waals surface area contributed by atoms with Crippen LogP contribution in [0.25, 0.3) is 0 Å². The monoisotopic (exact) mass is 290 g/mol. The molecule has 0 aliphatic rings. The molecule has 1 unspecified atom stereocenters. The molecule has 0 aliphatic heterocycles. The van der Waals surface area contributed by atoms with Crippen molar-refractivity contribution < 1.29 is 29.0 Å². The maximum atomic E-state index is 11.9. The van der Waals surface area contributed by atoms with E-state index in [2.05, 4.69) is 10.1 Å². The van der Waals surface area contributed by atoms with Gasteiger partial charge in [-0.3, -0.25) is 9.59 Å². The number of carboxylic acids is 1. The number of carboxylic acid groups (broad SMARTS) is 1. The third-order valence-corrected chi connectivity index (χ3v) is 2.54. The van der Waals surface area contributed by atoms with Crippen LogP contribution in [0, 0.1) is 0 Å². The Kier molecular flexibility index (Phi) is 9.10. The number of aliphatic carboxylic acids is 1. The number of rotatable bonds is 9. The number of ether oxygens (including phenoxy) is 2. The van der Waals surface area contributed by atoms with E-state index in [1.165, 1.54) is 19.1 Å². The summed E-state index contributed by atoms with van der Waals surface area (Å²) in [6.45, 7) is 2.19. The number of amides is 2. The Bertz CT molecular complexity index is 334. The van der Waals surface area contributed by atoms with Crippen LogP contribution in [0.1, 0.15) is 19.8 Å². The average molecular weight is 290 g/mol. The van der Waals surface area contributed by atoms with E-state index in [4.69, 9.17) is 9.84 Å². The molecule has 2 N–H and O–H groups in total. The molecule has 20 heavy (non-hydrogen) atoms. The molecular weight excluding hydrogens is 268 g/mol. The highest BCUT2D eigenvalue weighted by Gasteiger charge is 2.19. The van der Waals surface area contributed by atoms with E-state index in [9.17, 15) is 14.4 Å². The molecule has 2 amide bonds. The van der Waals surface area contributed by atoms with Gasteiger partial charge in [-0.2, -0.15) is 0 Å². The number of esters is 1. The number of nitrogens with one attached hydrogen (secondary N) is 1. The fourth-order valence-corrected chi connectivity index (χ4v) is 1.49. The van der Waals surface area contributed by atoms with Gasteiger partial charge in [0.05, 0.1) is 19.6 Å². The Morgan fingerprint density at radius 3 is 2.40 bits per heavy atom. The first kappa shape index (κ1) is 18.2. The predicted octanol–water partition coefficient (Wildman–Crippen LogP) is 0.0707. The van der Waals surface area contributed by atoms with Crippen molar-refractivity contribution in [3.05, 3.63) is 0 Å². The first-order valence-corrected chi connectivity index (χ1v) is 6.28. The first-order valence-electron chi connectivity index (χ1n) is 6.28. The summed E-state index contributed by atoms with van der Waals surface area (Å²) in [5, 5.41) is 11.2. The van der Waals surface area contributed by atoms with Crippen molar-refractivity contribution in [1.82, 2.24) is 10.2 Å². The van der Waals surface area contributed by atoms with E-state index >= 15 is 0 Å². The second-order valence-electron chi connectivity index (χ2n) is 4.14. The summed E-state index contributed by atoms with van der Waals surface area (Å²) >= 11 is 0. The molecule has 0 aromatic heterocycles.